The molecule has 0 aliphatic carbocycles. The highest BCUT2D eigenvalue weighted by Crippen LogP contribution is 2.06. The maximum absolute atomic E-state index is 11.6. The van der Waals surface area contributed by atoms with Crippen LogP contribution in [0.5, 0.6) is 0 Å². The van der Waals surface area contributed by atoms with Gasteiger partial charge in [-0.05, 0) is 23.8 Å². The minimum Gasteiger partial charge on any atom is -0.323 e. The van der Waals surface area contributed by atoms with E-state index in [2.05, 4.69) is 5.32 Å². The zero-order valence-corrected chi connectivity index (χ0v) is 10.6. The largest absolute Gasteiger partial charge is 0.323 e. The van der Waals surface area contributed by atoms with Crippen LogP contribution >= 0.6 is 12.4 Å². The van der Waals surface area contributed by atoms with E-state index in [0.29, 0.717) is 0 Å². The number of hydrogen-bond donors (Lipinski definition) is 1. The highest BCUT2D eigenvalue weighted by atomic mass is 35.5. The van der Waals surface area contributed by atoms with Crippen molar-refractivity contribution < 1.29 is 4.79 Å². The number of nitrogens with one attached hydrogen (secondary N) is 1. The van der Waals surface area contributed by atoms with Crippen molar-refractivity contribution in [2.45, 2.75) is 0 Å². The Morgan fingerprint density at radius 3 is 2.06 bits per heavy atom. The zero-order chi connectivity index (χ0) is 11.9. The fourth-order valence-electron chi connectivity index (χ4n) is 1.44. The van der Waals surface area contributed by atoms with Crippen molar-refractivity contribution in [3.8, 4) is 0 Å². The van der Waals surface area contributed by atoms with Gasteiger partial charge in [-0.25, -0.2) is 0 Å². The van der Waals surface area contributed by atoms with Crippen LogP contribution in [0.3, 0.4) is 0 Å². The first-order chi connectivity index (χ1) is 8.34. The summed E-state index contributed by atoms with van der Waals surface area (Å²) in [5, 5.41) is 2.79. The Hall–Kier alpha value is -2.06. The lowest BCUT2D eigenvalue weighted by atomic mass is 10.2. The molecule has 0 unspecified atom stereocenters. The van der Waals surface area contributed by atoms with E-state index >= 15 is 0 Å². The third-order valence-corrected chi connectivity index (χ3v) is 2.27. The summed E-state index contributed by atoms with van der Waals surface area (Å²) in [4.78, 5) is 11.6. The maximum atomic E-state index is 11.6. The van der Waals surface area contributed by atoms with Crippen molar-refractivity contribution in [1.82, 2.24) is 0 Å². The second-order valence-corrected chi connectivity index (χ2v) is 3.60. The molecule has 0 aromatic heterocycles. The molecule has 0 aliphatic heterocycles. The van der Waals surface area contributed by atoms with Crippen molar-refractivity contribution in [1.29, 1.82) is 0 Å². The van der Waals surface area contributed by atoms with E-state index in [-0.39, 0.29) is 18.3 Å². The van der Waals surface area contributed by atoms with Gasteiger partial charge in [0.15, 0.2) is 0 Å². The van der Waals surface area contributed by atoms with Gasteiger partial charge in [-0.1, -0.05) is 48.5 Å². The SMILES string of the molecule is Cl.O=C(/C=C/c1ccccc1)Nc1ccccc1. The molecule has 2 aromatic carbocycles. The van der Waals surface area contributed by atoms with Gasteiger partial charge in [0, 0.05) is 11.8 Å². The molecule has 2 nitrogen and oxygen atoms in total. The highest BCUT2D eigenvalue weighted by molar-refractivity contribution is 6.01. The lowest BCUT2D eigenvalue weighted by Gasteiger charge is -2.00. The molecular formula is C15H14ClNO. The van der Waals surface area contributed by atoms with E-state index in [9.17, 15) is 4.79 Å². The highest BCUT2D eigenvalue weighted by Gasteiger charge is 1.95. The monoisotopic (exact) mass is 259 g/mol. The molecule has 0 atom stereocenters. The van der Waals surface area contributed by atoms with Crippen molar-refractivity contribution in [3.05, 3.63) is 72.3 Å². The molecule has 0 heterocycles. The fraction of sp³-hybridized carbons (Fsp3) is 0. The number of benzene rings is 2. The van der Waals surface area contributed by atoms with Gasteiger partial charge in [0.25, 0.3) is 0 Å². The van der Waals surface area contributed by atoms with Crippen molar-refractivity contribution in [2.24, 2.45) is 0 Å². The first kappa shape index (κ1) is 14.0. The molecule has 0 saturated heterocycles. The summed E-state index contributed by atoms with van der Waals surface area (Å²) in [6.45, 7) is 0. The number of hydrogen-bond acceptors (Lipinski definition) is 1. The van der Waals surface area contributed by atoms with E-state index in [4.69, 9.17) is 0 Å². The van der Waals surface area contributed by atoms with Crippen molar-refractivity contribution in [2.75, 3.05) is 5.32 Å². The van der Waals surface area contributed by atoms with E-state index in [1.807, 2.05) is 60.7 Å². The summed E-state index contributed by atoms with van der Waals surface area (Å²) in [5.41, 5.74) is 1.81. The number of amides is 1. The average Bonchev–Trinajstić information content (AvgIpc) is 2.39. The molecule has 18 heavy (non-hydrogen) atoms. The summed E-state index contributed by atoms with van der Waals surface area (Å²) >= 11 is 0. The van der Waals surface area contributed by atoms with Gasteiger partial charge < -0.3 is 5.32 Å². The van der Waals surface area contributed by atoms with Crippen LogP contribution in [0.25, 0.3) is 6.08 Å². The zero-order valence-electron chi connectivity index (χ0n) is 9.74. The normalized spacial score (nSPS) is 9.78. The predicted molar refractivity (Wildman–Crippen MR) is 77.8 cm³/mol. The quantitative estimate of drug-likeness (QED) is 0.836. The molecule has 0 saturated carbocycles. The number of rotatable bonds is 3. The second-order valence-electron chi connectivity index (χ2n) is 3.60. The Bertz CT molecular complexity index is 509. The van der Waals surface area contributed by atoms with Crippen LogP contribution in [0, 0.1) is 0 Å². The van der Waals surface area contributed by atoms with Crippen LogP contribution < -0.4 is 5.32 Å². The Labute approximate surface area is 113 Å². The molecular weight excluding hydrogens is 246 g/mol. The number of halogens is 1. The fourth-order valence-corrected chi connectivity index (χ4v) is 1.44. The van der Waals surface area contributed by atoms with E-state index in [1.165, 1.54) is 6.08 Å². The molecule has 3 heteroatoms. The smallest absolute Gasteiger partial charge is 0.248 e. The van der Waals surface area contributed by atoms with Gasteiger partial charge in [0.1, 0.15) is 0 Å². The van der Waals surface area contributed by atoms with Gasteiger partial charge in [-0.3, -0.25) is 4.79 Å². The summed E-state index contributed by atoms with van der Waals surface area (Å²) < 4.78 is 0. The Morgan fingerprint density at radius 2 is 1.44 bits per heavy atom. The standard InChI is InChI=1S/C15H13NO.ClH/c17-15(16-14-9-5-2-6-10-14)12-11-13-7-3-1-4-8-13;/h1-12H,(H,16,17);1H/b12-11+;. The molecule has 2 aromatic rings. The third kappa shape index (κ3) is 4.44. The van der Waals surface area contributed by atoms with E-state index in [0.717, 1.165) is 11.3 Å². The predicted octanol–water partition coefficient (Wildman–Crippen LogP) is 3.76. The topological polar surface area (TPSA) is 29.1 Å². The third-order valence-electron chi connectivity index (χ3n) is 2.27. The van der Waals surface area contributed by atoms with Crippen LogP contribution in [0.4, 0.5) is 5.69 Å². The lowest BCUT2D eigenvalue weighted by Crippen LogP contribution is -2.07. The summed E-state index contributed by atoms with van der Waals surface area (Å²) in [6, 6.07) is 19.1. The molecule has 0 aliphatic rings. The van der Waals surface area contributed by atoms with Gasteiger partial charge in [-0.2, -0.15) is 0 Å². The minimum absolute atomic E-state index is 0. The van der Waals surface area contributed by atoms with Gasteiger partial charge in [0.05, 0.1) is 0 Å². The number of carbonyl (C=O) groups is 1. The molecule has 0 bridgehead atoms. The first-order valence-corrected chi connectivity index (χ1v) is 5.44. The number of anilines is 1. The Kier molecular flexibility index (Phi) is 5.68. The Morgan fingerprint density at radius 1 is 0.889 bits per heavy atom. The van der Waals surface area contributed by atoms with Crippen LogP contribution in [0.2, 0.25) is 0 Å². The number of carbonyl (C=O) groups excluding carboxylic acids is 1. The Balaban J connectivity index is 0.00000162. The second kappa shape index (κ2) is 7.30. The lowest BCUT2D eigenvalue weighted by molar-refractivity contribution is -0.111. The minimum atomic E-state index is -0.125. The molecule has 2 rings (SSSR count). The van der Waals surface area contributed by atoms with Crippen LogP contribution in [-0.4, -0.2) is 5.91 Å². The summed E-state index contributed by atoms with van der Waals surface area (Å²) in [6.07, 6.45) is 3.32. The van der Waals surface area contributed by atoms with Gasteiger partial charge in [-0.15, -0.1) is 12.4 Å². The molecule has 92 valence electrons. The van der Waals surface area contributed by atoms with Gasteiger partial charge in [0.2, 0.25) is 5.91 Å². The first-order valence-electron chi connectivity index (χ1n) is 5.44. The van der Waals surface area contributed by atoms with E-state index in [1.54, 1.807) is 6.08 Å². The van der Waals surface area contributed by atoms with Crippen molar-refractivity contribution >= 4 is 30.1 Å². The van der Waals surface area contributed by atoms with E-state index < -0.39 is 0 Å². The van der Waals surface area contributed by atoms with Crippen molar-refractivity contribution in [3.63, 3.8) is 0 Å². The van der Waals surface area contributed by atoms with Crippen LogP contribution in [0.1, 0.15) is 5.56 Å². The molecule has 0 radical (unpaired) electrons. The van der Waals surface area contributed by atoms with Gasteiger partial charge >= 0.3 is 0 Å². The molecule has 1 N–H and O–H groups in total. The maximum Gasteiger partial charge on any atom is 0.248 e. The average molecular weight is 260 g/mol. The number of para-hydroxylation sites is 1. The molecule has 0 fully saturated rings. The molecule has 0 spiro atoms. The van der Waals surface area contributed by atoms with Crippen LogP contribution in [-0.2, 0) is 4.79 Å². The summed E-state index contributed by atoms with van der Waals surface area (Å²) in [5.74, 6) is -0.125. The summed E-state index contributed by atoms with van der Waals surface area (Å²) in [7, 11) is 0. The van der Waals surface area contributed by atoms with Crippen LogP contribution in [0.15, 0.2) is 66.7 Å². The molecule has 1 amide bonds.